The molecule has 1 atom stereocenters. The Kier molecular flexibility index (Phi) is 5.79. The molecule has 0 saturated carbocycles. The van der Waals surface area contributed by atoms with Gasteiger partial charge in [-0.3, -0.25) is 4.79 Å². The van der Waals surface area contributed by atoms with E-state index >= 15 is 0 Å². The van der Waals surface area contributed by atoms with Crippen molar-refractivity contribution in [2.45, 2.75) is 13.0 Å². The standard InChI is InChI=1S/C13H19N3O4/c1-8(12(17)16-5-6-19-2)20-13(18)10-4-3-9(14)7-11(10)15/h3-4,7-8H,5-6,14-15H2,1-2H3,(H,16,17). The number of rotatable bonds is 6. The second-order valence-corrected chi connectivity index (χ2v) is 4.18. The lowest BCUT2D eigenvalue weighted by atomic mass is 10.1. The van der Waals surface area contributed by atoms with Crippen LogP contribution in [0.4, 0.5) is 11.4 Å². The number of ether oxygens (including phenoxy) is 2. The van der Waals surface area contributed by atoms with E-state index in [2.05, 4.69) is 5.32 Å². The molecule has 1 rings (SSSR count). The first-order valence-corrected chi connectivity index (χ1v) is 6.08. The summed E-state index contributed by atoms with van der Waals surface area (Å²) in [6.45, 7) is 2.21. The predicted octanol–water partition coefficient (Wildman–Crippen LogP) is 0.159. The van der Waals surface area contributed by atoms with E-state index in [9.17, 15) is 9.59 Å². The molecule has 0 aliphatic carbocycles. The van der Waals surface area contributed by atoms with Crippen molar-refractivity contribution in [2.24, 2.45) is 0 Å². The first-order chi connectivity index (χ1) is 9.45. The molecule has 1 aromatic carbocycles. The summed E-state index contributed by atoms with van der Waals surface area (Å²) in [5.74, 6) is -1.07. The average molecular weight is 281 g/mol. The molecule has 0 aliphatic rings. The number of nitrogen functional groups attached to an aromatic ring is 2. The van der Waals surface area contributed by atoms with Gasteiger partial charge in [0, 0.05) is 25.0 Å². The van der Waals surface area contributed by atoms with Gasteiger partial charge in [0.2, 0.25) is 0 Å². The van der Waals surface area contributed by atoms with Gasteiger partial charge in [-0.15, -0.1) is 0 Å². The van der Waals surface area contributed by atoms with Crippen LogP contribution in [0.1, 0.15) is 17.3 Å². The zero-order valence-corrected chi connectivity index (χ0v) is 11.5. The fourth-order valence-corrected chi connectivity index (χ4v) is 1.46. The van der Waals surface area contributed by atoms with Crippen LogP contribution in [0, 0.1) is 0 Å². The number of nitrogens with one attached hydrogen (secondary N) is 1. The summed E-state index contributed by atoms with van der Waals surface area (Å²) in [5.41, 5.74) is 12.0. The molecule has 0 bridgehead atoms. The number of methoxy groups -OCH3 is 1. The van der Waals surface area contributed by atoms with Crippen molar-refractivity contribution in [1.82, 2.24) is 5.32 Å². The van der Waals surface area contributed by atoms with E-state index < -0.39 is 18.0 Å². The molecule has 0 aliphatic heterocycles. The zero-order valence-electron chi connectivity index (χ0n) is 11.5. The highest BCUT2D eigenvalue weighted by Crippen LogP contribution is 2.17. The Labute approximate surface area is 117 Å². The largest absolute Gasteiger partial charge is 0.449 e. The van der Waals surface area contributed by atoms with Gasteiger partial charge in [0.15, 0.2) is 6.10 Å². The van der Waals surface area contributed by atoms with Gasteiger partial charge in [0.05, 0.1) is 12.2 Å². The molecular weight excluding hydrogens is 262 g/mol. The van der Waals surface area contributed by atoms with Gasteiger partial charge in [-0.05, 0) is 25.1 Å². The minimum absolute atomic E-state index is 0.177. The van der Waals surface area contributed by atoms with Crippen LogP contribution in [0.2, 0.25) is 0 Å². The molecule has 7 nitrogen and oxygen atoms in total. The van der Waals surface area contributed by atoms with Gasteiger partial charge < -0.3 is 26.3 Å². The molecule has 0 spiro atoms. The molecule has 7 heteroatoms. The van der Waals surface area contributed by atoms with Crippen LogP contribution >= 0.6 is 0 Å². The van der Waals surface area contributed by atoms with Crippen LogP contribution in [0.25, 0.3) is 0 Å². The number of hydrogen-bond donors (Lipinski definition) is 3. The first-order valence-electron chi connectivity index (χ1n) is 6.08. The molecule has 20 heavy (non-hydrogen) atoms. The minimum atomic E-state index is -0.920. The minimum Gasteiger partial charge on any atom is -0.449 e. The molecule has 1 unspecified atom stereocenters. The zero-order chi connectivity index (χ0) is 15.1. The summed E-state index contributed by atoms with van der Waals surface area (Å²) < 4.78 is 9.84. The third-order valence-electron chi connectivity index (χ3n) is 2.55. The number of esters is 1. The maximum absolute atomic E-state index is 11.9. The van der Waals surface area contributed by atoms with E-state index in [4.69, 9.17) is 20.9 Å². The molecule has 5 N–H and O–H groups in total. The molecule has 0 aromatic heterocycles. The highest BCUT2D eigenvalue weighted by Gasteiger charge is 2.19. The third kappa shape index (κ3) is 4.43. The van der Waals surface area contributed by atoms with E-state index in [1.54, 1.807) is 0 Å². The van der Waals surface area contributed by atoms with Crippen LogP contribution in [0.3, 0.4) is 0 Å². The number of carbonyl (C=O) groups is 2. The SMILES string of the molecule is COCCNC(=O)C(C)OC(=O)c1ccc(N)cc1N. The molecule has 0 saturated heterocycles. The van der Waals surface area contributed by atoms with Crippen LogP contribution < -0.4 is 16.8 Å². The molecular formula is C13H19N3O4. The lowest BCUT2D eigenvalue weighted by molar-refractivity contribution is -0.129. The number of hydrogen-bond acceptors (Lipinski definition) is 6. The maximum atomic E-state index is 11.9. The summed E-state index contributed by atoms with van der Waals surface area (Å²) in [6, 6.07) is 4.46. The number of anilines is 2. The summed E-state index contributed by atoms with van der Waals surface area (Å²) in [7, 11) is 1.53. The Bertz CT molecular complexity index is 491. The fourth-order valence-electron chi connectivity index (χ4n) is 1.46. The van der Waals surface area contributed by atoms with Crippen LogP contribution in [0.5, 0.6) is 0 Å². The maximum Gasteiger partial charge on any atom is 0.341 e. The fraction of sp³-hybridized carbons (Fsp3) is 0.385. The quantitative estimate of drug-likeness (QED) is 0.388. The lowest BCUT2D eigenvalue weighted by Crippen LogP contribution is -2.37. The van der Waals surface area contributed by atoms with E-state index in [0.717, 1.165) is 0 Å². The Morgan fingerprint density at radius 1 is 1.35 bits per heavy atom. The molecule has 110 valence electrons. The number of benzene rings is 1. The molecule has 1 amide bonds. The number of amides is 1. The molecule has 0 radical (unpaired) electrons. The molecule has 0 heterocycles. The summed E-state index contributed by atoms with van der Waals surface area (Å²) in [4.78, 5) is 23.5. The van der Waals surface area contributed by atoms with Gasteiger partial charge >= 0.3 is 5.97 Å². The summed E-state index contributed by atoms with van der Waals surface area (Å²) in [5, 5.41) is 2.57. The van der Waals surface area contributed by atoms with Gasteiger partial charge in [-0.25, -0.2) is 4.79 Å². The van der Waals surface area contributed by atoms with Crippen molar-refractivity contribution in [3.05, 3.63) is 23.8 Å². The number of nitrogens with two attached hydrogens (primary N) is 2. The van der Waals surface area contributed by atoms with Crippen molar-refractivity contribution in [1.29, 1.82) is 0 Å². The highest BCUT2D eigenvalue weighted by molar-refractivity contribution is 5.97. The second kappa shape index (κ2) is 7.34. The van der Waals surface area contributed by atoms with Crippen molar-refractivity contribution in [3.63, 3.8) is 0 Å². The van der Waals surface area contributed by atoms with Crippen molar-refractivity contribution < 1.29 is 19.1 Å². The molecule has 1 aromatic rings. The van der Waals surface area contributed by atoms with Crippen LogP contribution in [-0.4, -0.2) is 38.2 Å². The smallest absolute Gasteiger partial charge is 0.341 e. The first kappa shape index (κ1) is 15.8. The predicted molar refractivity (Wildman–Crippen MR) is 75.0 cm³/mol. The summed E-state index contributed by atoms with van der Waals surface area (Å²) in [6.07, 6.45) is -0.920. The van der Waals surface area contributed by atoms with E-state index in [1.807, 2.05) is 0 Å². The second-order valence-electron chi connectivity index (χ2n) is 4.18. The lowest BCUT2D eigenvalue weighted by Gasteiger charge is -2.14. The van der Waals surface area contributed by atoms with Crippen molar-refractivity contribution >= 4 is 23.3 Å². The Balaban J connectivity index is 2.58. The van der Waals surface area contributed by atoms with Crippen molar-refractivity contribution in [3.8, 4) is 0 Å². The van der Waals surface area contributed by atoms with Gasteiger partial charge in [-0.2, -0.15) is 0 Å². The average Bonchev–Trinajstić information content (AvgIpc) is 2.38. The van der Waals surface area contributed by atoms with Crippen molar-refractivity contribution in [2.75, 3.05) is 31.7 Å². The van der Waals surface area contributed by atoms with Crippen LogP contribution in [-0.2, 0) is 14.3 Å². The normalized spacial score (nSPS) is 11.7. The topological polar surface area (TPSA) is 117 Å². The van der Waals surface area contributed by atoms with Gasteiger partial charge in [0.25, 0.3) is 5.91 Å². The molecule has 0 fully saturated rings. The number of carbonyl (C=O) groups excluding carboxylic acids is 2. The van der Waals surface area contributed by atoms with Gasteiger partial charge in [-0.1, -0.05) is 0 Å². The highest BCUT2D eigenvalue weighted by atomic mass is 16.5. The van der Waals surface area contributed by atoms with E-state index in [1.165, 1.54) is 32.2 Å². The Morgan fingerprint density at radius 2 is 2.05 bits per heavy atom. The Morgan fingerprint density at radius 3 is 2.65 bits per heavy atom. The summed E-state index contributed by atoms with van der Waals surface area (Å²) >= 11 is 0. The Hall–Kier alpha value is -2.28. The third-order valence-corrected chi connectivity index (χ3v) is 2.55. The monoisotopic (exact) mass is 281 g/mol. The van der Waals surface area contributed by atoms with Gasteiger partial charge in [0.1, 0.15) is 0 Å². The van der Waals surface area contributed by atoms with E-state index in [0.29, 0.717) is 18.8 Å². The van der Waals surface area contributed by atoms with E-state index in [-0.39, 0.29) is 11.3 Å². The van der Waals surface area contributed by atoms with Crippen LogP contribution in [0.15, 0.2) is 18.2 Å².